The van der Waals surface area contributed by atoms with Gasteiger partial charge in [0.15, 0.2) is 0 Å². The van der Waals surface area contributed by atoms with Crippen LogP contribution in [0.3, 0.4) is 0 Å². The molecule has 2 aromatic heterocycles. The lowest BCUT2D eigenvalue weighted by atomic mass is 10.1. The summed E-state index contributed by atoms with van der Waals surface area (Å²) in [5.41, 5.74) is 2.51. The van der Waals surface area contributed by atoms with E-state index in [1.165, 1.54) is 11.3 Å². The molecule has 0 aliphatic rings. The van der Waals surface area contributed by atoms with Crippen LogP contribution in [0.15, 0.2) is 48.7 Å². The van der Waals surface area contributed by atoms with Crippen molar-refractivity contribution >= 4 is 17.2 Å². The lowest BCUT2D eigenvalue weighted by Crippen LogP contribution is -2.26. The lowest BCUT2D eigenvalue weighted by molar-refractivity contribution is 0.0943. The Morgan fingerprint density at radius 1 is 1.23 bits per heavy atom. The van der Waals surface area contributed by atoms with E-state index in [1.807, 2.05) is 63.2 Å². The number of aryl methyl sites for hydroxylation is 1. The Balaban J connectivity index is 1.72. The molecule has 1 atom stereocenters. The first-order chi connectivity index (χ1) is 12.6. The van der Waals surface area contributed by atoms with Gasteiger partial charge in [0.1, 0.15) is 15.6 Å². The van der Waals surface area contributed by atoms with E-state index in [-0.39, 0.29) is 11.9 Å². The molecule has 0 radical (unpaired) electrons. The average Bonchev–Trinajstić information content (AvgIpc) is 3.05. The van der Waals surface area contributed by atoms with Crippen LogP contribution in [0.2, 0.25) is 0 Å². The minimum absolute atomic E-state index is 0.113. The summed E-state index contributed by atoms with van der Waals surface area (Å²) in [6, 6.07) is 13.3. The van der Waals surface area contributed by atoms with Gasteiger partial charge in [-0.3, -0.25) is 9.78 Å². The van der Waals surface area contributed by atoms with Gasteiger partial charge in [-0.25, -0.2) is 4.98 Å². The minimum atomic E-state index is -0.122. The molecule has 134 valence electrons. The van der Waals surface area contributed by atoms with Gasteiger partial charge in [0, 0.05) is 6.20 Å². The van der Waals surface area contributed by atoms with Crippen LogP contribution in [0.1, 0.15) is 40.8 Å². The molecule has 1 N–H and O–H groups in total. The number of aromatic nitrogens is 2. The summed E-state index contributed by atoms with van der Waals surface area (Å²) < 4.78 is 5.45. The Kier molecular flexibility index (Phi) is 5.63. The maximum atomic E-state index is 12.7. The van der Waals surface area contributed by atoms with Gasteiger partial charge >= 0.3 is 0 Å². The predicted molar refractivity (Wildman–Crippen MR) is 104 cm³/mol. The molecule has 1 aromatic carbocycles. The highest BCUT2D eigenvalue weighted by Crippen LogP contribution is 2.27. The van der Waals surface area contributed by atoms with E-state index >= 15 is 0 Å². The third kappa shape index (κ3) is 4.08. The van der Waals surface area contributed by atoms with Crippen molar-refractivity contribution in [2.24, 2.45) is 0 Å². The summed E-state index contributed by atoms with van der Waals surface area (Å²) in [7, 11) is 0. The molecule has 0 aliphatic carbocycles. The molecular formula is C20H21N3O2S. The largest absolute Gasteiger partial charge is 0.494 e. The number of carbonyl (C=O) groups excluding carboxylic acids is 1. The Hall–Kier alpha value is -2.73. The van der Waals surface area contributed by atoms with Crippen molar-refractivity contribution in [3.05, 3.63) is 64.8 Å². The zero-order valence-corrected chi connectivity index (χ0v) is 15.8. The summed E-state index contributed by atoms with van der Waals surface area (Å²) in [5.74, 6) is 0.705. The number of hydrogen-bond acceptors (Lipinski definition) is 5. The molecule has 1 unspecified atom stereocenters. The van der Waals surface area contributed by atoms with E-state index in [4.69, 9.17) is 4.74 Å². The quantitative estimate of drug-likeness (QED) is 0.701. The van der Waals surface area contributed by atoms with Crippen LogP contribution < -0.4 is 10.1 Å². The van der Waals surface area contributed by atoms with Crippen LogP contribution in [-0.2, 0) is 0 Å². The second-order valence-corrected chi connectivity index (χ2v) is 6.84. The monoisotopic (exact) mass is 367 g/mol. The zero-order chi connectivity index (χ0) is 18.5. The number of benzene rings is 1. The number of rotatable bonds is 6. The lowest BCUT2D eigenvalue weighted by Gasteiger charge is -2.14. The van der Waals surface area contributed by atoms with Crippen molar-refractivity contribution in [2.75, 3.05) is 6.61 Å². The maximum Gasteiger partial charge on any atom is 0.263 e. The molecule has 0 saturated carbocycles. The van der Waals surface area contributed by atoms with Crippen LogP contribution in [0.25, 0.3) is 10.7 Å². The van der Waals surface area contributed by atoms with E-state index in [0.717, 1.165) is 22.0 Å². The zero-order valence-electron chi connectivity index (χ0n) is 15.0. The predicted octanol–water partition coefficient (Wildman–Crippen LogP) is 4.40. The number of thiazole rings is 1. The van der Waals surface area contributed by atoms with Crippen molar-refractivity contribution < 1.29 is 9.53 Å². The topological polar surface area (TPSA) is 64.1 Å². The molecule has 0 bridgehead atoms. The van der Waals surface area contributed by atoms with E-state index < -0.39 is 0 Å². The fourth-order valence-corrected chi connectivity index (χ4v) is 3.52. The average molecular weight is 367 g/mol. The first-order valence-electron chi connectivity index (χ1n) is 8.51. The molecule has 3 rings (SSSR count). The van der Waals surface area contributed by atoms with Gasteiger partial charge in [-0.05, 0) is 50.6 Å². The smallest absolute Gasteiger partial charge is 0.263 e. The maximum absolute atomic E-state index is 12.7. The van der Waals surface area contributed by atoms with Crippen molar-refractivity contribution in [1.29, 1.82) is 0 Å². The molecule has 0 spiro atoms. The fraction of sp³-hybridized carbons (Fsp3) is 0.250. The third-order valence-electron chi connectivity index (χ3n) is 3.93. The molecule has 26 heavy (non-hydrogen) atoms. The summed E-state index contributed by atoms with van der Waals surface area (Å²) in [4.78, 5) is 22.1. The Labute approximate surface area is 157 Å². The number of ether oxygens (including phenoxy) is 1. The van der Waals surface area contributed by atoms with Crippen molar-refractivity contribution in [1.82, 2.24) is 15.3 Å². The molecule has 3 aromatic rings. The minimum Gasteiger partial charge on any atom is -0.494 e. The second-order valence-electron chi connectivity index (χ2n) is 5.85. The Bertz CT molecular complexity index is 876. The molecular weight excluding hydrogens is 346 g/mol. The van der Waals surface area contributed by atoms with Gasteiger partial charge in [-0.2, -0.15) is 0 Å². The molecule has 0 saturated heterocycles. The SMILES string of the molecule is CCOc1ccc(C(C)NC(=O)c2sc(-c3ccccn3)nc2C)cc1. The summed E-state index contributed by atoms with van der Waals surface area (Å²) in [6.45, 7) is 6.39. The van der Waals surface area contributed by atoms with Gasteiger partial charge in [0.25, 0.3) is 5.91 Å². The van der Waals surface area contributed by atoms with Crippen LogP contribution in [-0.4, -0.2) is 22.5 Å². The van der Waals surface area contributed by atoms with Gasteiger partial charge in [0.2, 0.25) is 0 Å². The van der Waals surface area contributed by atoms with E-state index in [0.29, 0.717) is 17.2 Å². The first kappa shape index (κ1) is 18.1. The van der Waals surface area contributed by atoms with Crippen molar-refractivity contribution in [2.45, 2.75) is 26.8 Å². The fourth-order valence-electron chi connectivity index (χ4n) is 2.57. The number of nitrogens with zero attached hydrogens (tertiary/aromatic N) is 2. The van der Waals surface area contributed by atoms with Gasteiger partial charge in [0.05, 0.1) is 24.0 Å². The van der Waals surface area contributed by atoms with Gasteiger partial charge in [-0.15, -0.1) is 11.3 Å². The Morgan fingerprint density at radius 2 is 2.00 bits per heavy atom. The molecule has 5 nitrogen and oxygen atoms in total. The highest BCUT2D eigenvalue weighted by atomic mass is 32.1. The summed E-state index contributed by atoms with van der Waals surface area (Å²) in [5, 5.41) is 3.79. The van der Waals surface area contributed by atoms with Crippen LogP contribution in [0.5, 0.6) is 5.75 Å². The molecule has 2 heterocycles. The molecule has 0 aliphatic heterocycles. The van der Waals surface area contributed by atoms with E-state index in [2.05, 4.69) is 15.3 Å². The van der Waals surface area contributed by atoms with Crippen LogP contribution in [0, 0.1) is 6.92 Å². The van der Waals surface area contributed by atoms with Crippen LogP contribution >= 0.6 is 11.3 Å². The van der Waals surface area contributed by atoms with E-state index in [9.17, 15) is 4.79 Å². The number of pyridine rings is 1. The van der Waals surface area contributed by atoms with Crippen molar-refractivity contribution in [3.8, 4) is 16.5 Å². The standard InChI is InChI=1S/C20H21N3O2S/c1-4-25-16-10-8-15(9-11-16)13(2)22-19(24)18-14(3)23-20(26-18)17-7-5-6-12-21-17/h5-13H,4H2,1-3H3,(H,22,24). The summed E-state index contributed by atoms with van der Waals surface area (Å²) in [6.07, 6.45) is 1.72. The molecule has 0 fully saturated rings. The number of nitrogens with one attached hydrogen (secondary N) is 1. The van der Waals surface area contributed by atoms with Crippen LogP contribution in [0.4, 0.5) is 0 Å². The number of carbonyl (C=O) groups is 1. The summed E-state index contributed by atoms with van der Waals surface area (Å²) >= 11 is 1.36. The molecule has 1 amide bonds. The number of hydrogen-bond donors (Lipinski definition) is 1. The van der Waals surface area contributed by atoms with Crippen molar-refractivity contribution in [3.63, 3.8) is 0 Å². The highest BCUT2D eigenvalue weighted by molar-refractivity contribution is 7.17. The van der Waals surface area contributed by atoms with Gasteiger partial charge in [-0.1, -0.05) is 18.2 Å². The van der Waals surface area contributed by atoms with Gasteiger partial charge < -0.3 is 10.1 Å². The number of amides is 1. The van der Waals surface area contributed by atoms with E-state index in [1.54, 1.807) is 6.20 Å². The second kappa shape index (κ2) is 8.10. The third-order valence-corrected chi connectivity index (χ3v) is 5.10. The normalized spacial score (nSPS) is 11.8. The highest BCUT2D eigenvalue weighted by Gasteiger charge is 2.19. The Morgan fingerprint density at radius 3 is 2.65 bits per heavy atom. The first-order valence-corrected chi connectivity index (χ1v) is 9.32. The molecule has 6 heteroatoms.